The third-order valence-electron chi connectivity index (χ3n) is 6.65. The van der Waals surface area contributed by atoms with Crippen molar-refractivity contribution < 1.29 is 22.0 Å². The van der Waals surface area contributed by atoms with Crippen LogP contribution >= 0.6 is 11.6 Å². The van der Waals surface area contributed by atoms with Crippen LogP contribution < -0.4 is 0 Å². The molecule has 176 valence electrons. The first-order valence-electron chi connectivity index (χ1n) is 10.6. The standard InChI is InChI=1S/C24H20ClF2N3O3S/c1-15(31)24-12-16-13-28-30(19-4-2-18(26)3-5-19)23(16)10-17(24)8-9-29(14-24)34(32,33)20-6-7-21(25)22(27)11-20/h2-7,10-11,13H,8-9,12,14H2,1H3/t24-/m1/s1. The second-order valence-corrected chi connectivity index (χ2v) is 10.9. The Bertz CT molecular complexity index is 1450. The molecule has 5 rings (SSSR count). The third kappa shape index (κ3) is 3.59. The molecule has 34 heavy (non-hydrogen) atoms. The van der Waals surface area contributed by atoms with Crippen molar-refractivity contribution in [1.82, 2.24) is 14.1 Å². The highest BCUT2D eigenvalue weighted by Crippen LogP contribution is 2.46. The molecule has 0 unspecified atom stereocenters. The lowest BCUT2D eigenvalue weighted by Crippen LogP contribution is -2.52. The van der Waals surface area contributed by atoms with E-state index in [1.807, 2.05) is 6.08 Å². The van der Waals surface area contributed by atoms with Gasteiger partial charge >= 0.3 is 0 Å². The zero-order valence-corrected chi connectivity index (χ0v) is 19.7. The number of nitrogens with zero attached hydrogens (tertiary/aromatic N) is 3. The number of Topliss-reactive ketones (excluding diaryl/α,β-unsaturated/α-hetero) is 1. The Balaban J connectivity index is 1.53. The summed E-state index contributed by atoms with van der Waals surface area (Å²) in [4.78, 5) is 12.8. The third-order valence-corrected chi connectivity index (χ3v) is 8.80. The average molecular weight is 504 g/mol. The summed E-state index contributed by atoms with van der Waals surface area (Å²) in [6, 6.07) is 9.30. The minimum Gasteiger partial charge on any atom is -0.299 e. The van der Waals surface area contributed by atoms with Gasteiger partial charge in [0.05, 0.1) is 32.9 Å². The fourth-order valence-corrected chi connectivity index (χ4v) is 6.39. The Morgan fingerprint density at radius 2 is 1.88 bits per heavy atom. The number of carbonyl (C=O) groups is 1. The second kappa shape index (κ2) is 8.11. The Morgan fingerprint density at radius 3 is 2.56 bits per heavy atom. The van der Waals surface area contributed by atoms with Crippen molar-refractivity contribution in [2.75, 3.05) is 13.1 Å². The molecule has 0 amide bonds. The molecule has 10 heteroatoms. The molecule has 0 radical (unpaired) electrons. The number of piperidine rings is 1. The molecule has 1 aliphatic carbocycles. The van der Waals surface area contributed by atoms with E-state index < -0.39 is 21.3 Å². The fourth-order valence-electron chi connectivity index (χ4n) is 4.76. The minimum absolute atomic E-state index is 0.0537. The van der Waals surface area contributed by atoms with Crippen LogP contribution in [-0.2, 0) is 21.2 Å². The SMILES string of the molecule is CC(=O)[C@]12Cc3cnn(-c4ccc(F)cc4)c3C=C1CCN(S(=O)(=O)c1ccc(Cl)c(F)c1)C2. The van der Waals surface area contributed by atoms with Crippen LogP contribution in [-0.4, -0.2) is 41.4 Å². The van der Waals surface area contributed by atoms with Gasteiger partial charge in [0.15, 0.2) is 0 Å². The van der Waals surface area contributed by atoms with Gasteiger partial charge in [0, 0.05) is 13.1 Å². The number of halogens is 3. The summed E-state index contributed by atoms with van der Waals surface area (Å²) in [7, 11) is -4.04. The molecule has 0 spiro atoms. The maximum absolute atomic E-state index is 14.0. The molecule has 1 aliphatic heterocycles. The van der Waals surface area contributed by atoms with Gasteiger partial charge in [-0.1, -0.05) is 17.2 Å². The normalized spacial score (nSPS) is 20.4. The van der Waals surface area contributed by atoms with E-state index >= 15 is 0 Å². The van der Waals surface area contributed by atoms with Gasteiger partial charge in [-0.2, -0.15) is 9.40 Å². The number of hydrogen-bond acceptors (Lipinski definition) is 4. The number of carbonyl (C=O) groups excluding carboxylic acids is 1. The van der Waals surface area contributed by atoms with Gasteiger partial charge in [0.25, 0.3) is 0 Å². The first-order chi connectivity index (χ1) is 16.1. The number of benzene rings is 2. The highest BCUT2D eigenvalue weighted by Gasteiger charge is 2.49. The predicted octanol–water partition coefficient (Wildman–Crippen LogP) is 4.41. The summed E-state index contributed by atoms with van der Waals surface area (Å²) in [5.74, 6) is -1.33. The lowest BCUT2D eigenvalue weighted by molar-refractivity contribution is -0.125. The molecule has 1 aromatic heterocycles. The number of ketones is 1. The lowest BCUT2D eigenvalue weighted by Gasteiger charge is -2.44. The van der Waals surface area contributed by atoms with Crippen molar-refractivity contribution >= 4 is 33.5 Å². The molecular formula is C24H20ClF2N3O3S. The van der Waals surface area contributed by atoms with Crippen LogP contribution in [0.2, 0.25) is 5.02 Å². The number of sulfonamides is 1. The van der Waals surface area contributed by atoms with E-state index in [9.17, 15) is 22.0 Å². The predicted molar refractivity (Wildman–Crippen MR) is 123 cm³/mol. The molecule has 2 heterocycles. The van der Waals surface area contributed by atoms with E-state index in [4.69, 9.17) is 11.6 Å². The van der Waals surface area contributed by atoms with Crippen molar-refractivity contribution in [2.24, 2.45) is 5.41 Å². The number of fused-ring (bicyclic) bond motifs is 2. The van der Waals surface area contributed by atoms with Crippen LogP contribution in [0, 0.1) is 17.0 Å². The van der Waals surface area contributed by atoms with Gasteiger partial charge in [-0.05, 0) is 73.9 Å². The van der Waals surface area contributed by atoms with Crippen LogP contribution in [0.15, 0.2) is 59.1 Å². The lowest BCUT2D eigenvalue weighted by atomic mass is 9.66. The van der Waals surface area contributed by atoms with E-state index in [2.05, 4.69) is 5.10 Å². The maximum atomic E-state index is 14.0. The van der Waals surface area contributed by atoms with Gasteiger partial charge in [-0.25, -0.2) is 21.9 Å². The second-order valence-electron chi connectivity index (χ2n) is 8.59. The smallest absolute Gasteiger partial charge is 0.243 e. The molecule has 2 aromatic carbocycles. The molecule has 1 saturated heterocycles. The van der Waals surface area contributed by atoms with Gasteiger partial charge < -0.3 is 0 Å². The Labute approximate surface area is 200 Å². The molecule has 0 bridgehead atoms. The van der Waals surface area contributed by atoms with Crippen LogP contribution in [0.1, 0.15) is 24.6 Å². The van der Waals surface area contributed by atoms with E-state index in [1.165, 1.54) is 35.5 Å². The Hall–Kier alpha value is -2.88. The van der Waals surface area contributed by atoms with Crippen molar-refractivity contribution in [3.8, 4) is 5.69 Å². The monoisotopic (exact) mass is 503 g/mol. The minimum atomic E-state index is -4.04. The van der Waals surface area contributed by atoms with Crippen molar-refractivity contribution in [3.05, 3.63) is 82.1 Å². The molecule has 2 aliphatic rings. The van der Waals surface area contributed by atoms with E-state index in [1.54, 1.807) is 23.0 Å². The zero-order valence-electron chi connectivity index (χ0n) is 18.1. The van der Waals surface area contributed by atoms with Crippen LogP contribution in [0.3, 0.4) is 0 Å². The van der Waals surface area contributed by atoms with Gasteiger partial charge in [-0.15, -0.1) is 0 Å². The summed E-state index contributed by atoms with van der Waals surface area (Å²) >= 11 is 5.71. The molecule has 1 atom stereocenters. The fraction of sp³-hybridized carbons (Fsp3) is 0.250. The number of aromatic nitrogens is 2. The Morgan fingerprint density at radius 1 is 1.15 bits per heavy atom. The average Bonchev–Trinajstić information content (AvgIpc) is 3.21. The molecule has 3 aromatic rings. The zero-order chi connectivity index (χ0) is 24.3. The topological polar surface area (TPSA) is 72.3 Å². The summed E-state index contributed by atoms with van der Waals surface area (Å²) in [6.45, 7) is 1.55. The summed E-state index contributed by atoms with van der Waals surface area (Å²) in [5, 5.41) is 4.27. The van der Waals surface area contributed by atoms with Crippen LogP contribution in [0.4, 0.5) is 8.78 Å². The van der Waals surface area contributed by atoms with Crippen LogP contribution in [0.5, 0.6) is 0 Å². The molecule has 0 N–H and O–H groups in total. The number of hydrogen-bond donors (Lipinski definition) is 0. The molecule has 1 fully saturated rings. The molecule has 0 saturated carbocycles. The highest BCUT2D eigenvalue weighted by atomic mass is 35.5. The highest BCUT2D eigenvalue weighted by molar-refractivity contribution is 7.89. The van der Waals surface area contributed by atoms with Gasteiger partial charge in [-0.3, -0.25) is 4.79 Å². The Kier molecular flexibility index (Phi) is 5.46. The van der Waals surface area contributed by atoms with E-state index in [0.29, 0.717) is 12.1 Å². The maximum Gasteiger partial charge on any atom is 0.243 e. The quantitative estimate of drug-likeness (QED) is 0.528. The van der Waals surface area contributed by atoms with Gasteiger partial charge in [0.1, 0.15) is 17.4 Å². The summed E-state index contributed by atoms with van der Waals surface area (Å²) < 4.78 is 56.8. The van der Waals surface area contributed by atoms with Crippen molar-refractivity contribution in [2.45, 2.75) is 24.7 Å². The summed E-state index contributed by atoms with van der Waals surface area (Å²) in [6.07, 6.45) is 4.16. The first-order valence-corrected chi connectivity index (χ1v) is 12.4. The van der Waals surface area contributed by atoms with Crippen molar-refractivity contribution in [3.63, 3.8) is 0 Å². The molecular weight excluding hydrogens is 484 g/mol. The first kappa shape index (κ1) is 22.9. The summed E-state index contributed by atoms with van der Waals surface area (Å²) in [5.41, 5.74) is 2.04. The van der Waals surface area contributed by atoms with Crippen LogP contribution in [0.25, 0.3) is 11.8 Å². The molecule has 6 nitrogen and oxygen atoms in total. The largest absolute Gasteiger partial charge is 0.299 e. The van der Waals surface area contributed by atoms with E-state index in [-0.39, 0.29) is 41.0 Å². The van der Waals surface area contributed by atoms with E-state index in [0.717, 1.165) is 22.9 Å². The van der Waals surface area contributed by atoms with Gasteiger partial charge in [0.2, 0.25) is 10.0 Å². The van der Waals surface area contributed by atoms with Crippen molar-refractivity contribution in [1.29, 1.82) is 0 Å². The number of rotatable bonds is 4.